The first kappa shape index (κ1) is 20.0. The van der Waals surface area contributed by atoms with Crippen LogP contribution in [-0.2, 0) is 4.74 Å². The van der Waals surface area contributed by atoms with Crippen molar-refractivity contribution in [1.29, 1.82) is 0 Å². The Labute approximate surface area is 167 Å². The van der Waals surface area contributed by atoms with Crippen LogP contribution < -0.4 is 4.90 Å². The predicted molar refractivity (Wildman–Crippen MR) is 103 cm³/mol. The molecule has 0 saturated heterocycles. The highest BCUT2D eigenvalue weighted by Gasteiger charge is 2.44. The maximum Gasteiger partial charge on any atom is 0.412 e. The van der Waals surface area contributed by atoms with Crippen LogP contribution in [0.15, 0.2) is 30.7 Å². The fraction of sp³-hybridized carbons (Fsp3) is 0.389. The van der Waals surface area contributed by atoms with Crippen LogP contribution in [0.3, 0.4) is 0 Å². The lowest BCUT2D eigenvalue weighted by Crippen LogP contribution is -2.40. The van der Waals surface area contributed by atoms with Gasteiger partial charge >= 0.3 is 6.09 Å². The maximum absolute atomic E-state index is 12.9. The van der Waals surface area contributed by atoms with E-state index >= 15 is 0 Å². The number of ether oxygens (including phenoxy) is 1. The molecule has 0 unspecified atom stereocenters. The molecule has 0 fully saturated rings. The van der Waals surface area contributed by atoms with E-state index in [1.807, 2.05) is 25.9 Å². The Hall–Kier alpha value is -2.78. The van der Waals surface area contributed by atoms with Gasteiger partial charge in [-0.15, -0.1) is 0 Å². The standard InChI is InChI=1S/C18H21ClN6O3/c1-4-24(10-9-23(2)3)18(27)28-17-15-14(20-7-8-21-15)16(26)25(17)13-6-5-12(19)11-22-13/h5-8,11,17H,4,9-10H2,1-3H3/t17-/m1/s1. The Morgan fingerprint density at radius 2 is 1.96 bits per heavy atom. The molecule has 9 nitrogen and oxygen atoms in total. The molecule has 3 rings (SSSR count). The molecule has 28 heavy (non-hydrogen) atoms. The molecule has 2 aromatic rings. The fourth-order valence-corrected chi connectivity index (χ4v) is 2.86. The lowest BCUT2D eigenvalue weighted by molar-refractivity contribution is 0.0590. The van der Waals surface area contributed by atoms with Crippen LogP contribution in [-0.4, -0.2) is 70.5 Å². The third-order valence-electron chi connectivity index (χ3n) is 4.24. The molecule has 1 atom stereocenters. The summed E-state index contributed by atoms with van der Waals surface area (Å²) in [6, 6.07) is 3.19. The van der Waals surface area contributed by atoms with Crippen LogP contribution in [0.2, 0.25) is 5.02 Å². The van der Waals surface area contributed by atoms with Gasteiger partial charge in [-0.3, -0.25) is 9.78 Å². The minimum atomic E-state index is -1.05. The monoisotopic (exact) mass is 404 g/mol. The van der Waals surface area contributed by atoms with Crippen molar-refractivity contribution in [1.82, 2.24) is 24.8 Å². The van der Waals surface area contributed by atoms with Crippen molar-refractivity contribution in [2.24, 2.45) is 0 Å². The third-order valence-corrected chi connectivity index (χ3v) is 4.47. The number of amides is 2. The van der Waals surface area contributed by atoms with E-state index in [1.54, 1.807) is 17.0 Å². The van der Waals surface area contributed by atoms with Crippen LogP contribution >= 0.6 is 11.6 Å². The van der Waals surface area contributed by atoms with Gasteiger partial charge in [0.2, 0.25) is 6.23 Å². The first-order valence-corrected chi connectivity index (χ1v) is 9.16. The van der Waals surface area contributed by atoms with E-state index in [4.69, 9.17) is 16.3 Å². The first-order chi connectivity index (χ1) is 13.4. The maximum atomic E-state index is 12.9. The third kappa shape index (κ3) is 4.05. The van der Waals surface area contributed by atoms with Gasteiger partial charge < -0.3 is 14.5 Å². The van der Waals surface area contributed by atoms with Crippen molar-refractivity contribution in [2.45, 2.75) is 13.2 Å². The van der Waals surface area contributed by atoms with Crippen molar-refractivity contribution in [3.8, 4) is 0 Å². The summed E-state index contributed by atoms with van der Waals surface area (Å²) in [6.07, 6.45) is 2.70. The van der Waals surface area contributed by atoms with Gasteiger partial charge in [-0.1, -0.05) is 11.6 Å². The van der Waals surface area contributed by atoms with Gasteiger partial charge in [0.15, 0.2) is 5.69 Å². The van der Waals surface area contributed by atoms with Gasteiger partial charge in [0.05, 0.1) is 5.02 Å². The fourth-order valence-electron chi connectivity index (χ4n) is 2.75. The Morgan fingerprint density at radius 1 is 1.21 bits per heavy atom. The average molecular weight is 405 g/mol. The molecular weight excluding hydrogens is 384 g/mol. The number of hydrogen-bond donors (Lipinski definition) is 0. The second kappa shape index (κ2) is 8.49. The summed E-state index contributed by atoms with van der Waals surface area (Å²) >= 11 is 5.90. The molecule has 2 aromatic heterocycles. The molecule has 0 N–H and O–H groups in total. The van der Waals surface area contributed by atoms with Crippen molar-refractivity contribution >= 4 is 29.4 Å². The Kier molecular flexibility index (Phi) is 6.05. The SMILES string of the molecule is CCN(CCN(C)C)C(=O)O[C@@H]1c2nccnc2C(=O)N1c1ccc(Cl)cn1. The minimum absolute atomic E-state index is 0.133. The zero-order valence-corrected chi connectivity index (χ0v) is 16.6. The van der Waals surface area contributed by atoms with E-state index in [0.29, 0.717) is 30.5 Å². The number of nitrogens with zero attached hydrogens (tertiary/aromatic N) is 6. The lowest BCUT2D eigenvalue weighted by Gasteiger charge is -2.27. The number of carbonyl (C=O) groups excluding carboxylic acids is 2. The molecule has 0 spiro atoms. The van der Waals surface area contributed by atoms with Gasteiger partial charge in [-0.25, -0.2) is 19.7 Å². The van der Waals surface area contributed by atoms with Gasteiger partial charge in [0.25, 0.3) is 5.91 Å². The predicted octanol–water partition coefficient (Wildman–Crippen LogP) is 2.20. The van der Waals surface area contributed by atoms with E-state index in [1.165, 1.54) is 23.5 Å². The van der Waals surface area contributed by atoms with Gasteiger partial charge in [-0.05, 0) is 33.2 Å². The number of fused-ring (bicyclic) bond motifs is 1. The van der Waals surface area contributed by atoms with Crippen LogP contribution in [0, 0.1) is 0 Å². The van der Waals surface area contributed by atoms with Crippen LogP contribution in [0.4, 0.5) is 10.6 Å². The van der Waals surface area contributed by atoms with Crippen LogP contribution in [0.25, 0.3) is 0 Å². The first-order valence-electron chi connectivity index (χ1n) is 8.78. The molecule has 0 aromatic carbocycles. The Bertz CT molecular complexity index is 861. The second-order valence-corrected chi connectivity index (χ2v) is 6.86. The summed E-state index contributed by atoms with van der Waals surface area (Å²) in [7, 11) is 3.85. The number of carbonyl (C=O) groups is 2. The Balaban J connectivity index is 1.89. The summed E-state index contributed by atoms with van der Waals surface area (Å²) < 4.78 is 5.69. The smallest absolute Gasteiger partial charge is 0.412 e. The van der Waals surface area contributed by atoms with Crippen LogP contribution in [0.5, 0.6) is 0 Å². The number of rotatable bonds is 6. The molecule has 3 heterocycles. The Morgan fingerprint density at radius 3 is 2.61 bits per heavy atom. The summed E-state index contributed by atoms with van der Waals surface area (Å²) in [5.74, 6) is -0.143. The molecule has 1 aliphatic rings. The highest BCUT2D eigenvalue weighted by molar-refractivity contribution is 6.30. The largest absolute Gasteiger partial charge is 0.419 e. The molecule has 0 bridgehead atoms. The molecular formula is C18H21ClN6O3. The topological polar surface area (TPSA) is 91.8 Å². The van der Waals surface area contributed by atoms with Crippen molar-refractivity contribution in [2.75, 3.05) is 38.6 Å². The van der Waals surface area contributed by atoms with E-state index in [0.717, 1.165) is 0 Å². The average Bonchev–Trinajstić information content (AvgIpc) is 2.95. The molecule has 10 heteroatoms. The highest BCUT2D eigenvalue weighted by Crippen LogP contribution is 2.35. The van der Waals surface area contributed by atoms with Gasteiger partial charge in [0.1, 0.15) is 11.5 Å². The second-order valence-electron chi connectivity index (χ2n) is 6.42. The number of aromatic nitrogens is 3. The van der Waals surface area contributed by atoms with E-state index in [9.17, 15) is 9.59 Å². The number of anilines is 1. The molecule has 148 valence electrons. The lowest BCUT2D eigenvalue weighted by atomic mass is 10.3. The number of pyridine rings is 1. The summed E-state index contributed by atoms with van der Waals surface area (Å²) in [6.45, 7) is 3.52. The number of halogens is 1. The van der Waals surface area contributed by atoms with Crippen molar-refractivity contribution in [3.63, 3.8) is 0 Å². The zero-order valence-electron chi connectivity index (χ0n) is 15.9. The van der Waals surface area contributed by atoms with Crippen molar-refractivity contribution in [3.05, 3.63) is 47.1 Å². The van der Waals surface area contributed by atoms with E-state index in [2.05, 4.69) is 15.0 Å². The van der Waals surface area contributed by atoms with Gasteiger partial charge in [0, 0.05) is 38.2 Å². The molecule has 0 radical (unpaired) electrons. The van der Waals surface area contributed by atoms with Crippen LogP contribution in [0.1, 0.15) is 29.3 Å². The number of hydrogen-bond acceptors (Lipinski definition) is 7. The molecule has 1 aliphatic heterocycles. The zero-order chi connectivity index (χ0) is 20.3. The molecule has 2 amide bonds. The minimum Gasteiger partial charge on any atom is -0.419 e. The van der Waals surface area contributed by atoms with Crippen molar-refractivity contribution < 1.29 is 14.3 Å². The highest BCUT2D eigenvalue weighted by atomic mass is 35.5. The molecule has 0 saturated carbocycles. The van der Waals surface area contributed by atoms with E-state index < -0.39 is 18.2 Å². The summed E-state index contributed by atoms with van der Waals surface area (Å²) in [5, 5.41) is 0.429. The quantitative estimate of drug-likeness (QED) is 0.728. The summed E-state index contributed by atoms with van der Waals surface area (Å²) in [4.78, 5) is 42.9. The van der Waals surface area contributed by atoms with E-state index in [-0.39, 0.29) is 11.4 Å². The summed E-state index contributed by atoms with van der Waals surface area (Å²) in [5.41, 5.74) is 0.412. The normalized spacial score (nSPS) is 15.7. The van der Waals surface area contributed by atoms with Gasteiger partial charge in [-0.2, -0.15) is 0 Å². The number of likely N-dealkylation sites (N-methyl/N-ethyl adjacent to an activating group) is 2. The molecule has 0 aliphatic carbocycles.